The van der Waals surface area contributed by atoms with Crippen molar-refractivity contribution in [1.82, 2.24) is 15.1 Å². The smallest absolute Gasteiger partial charge is 0.232 e. The molecular formula is C21H24N4O2S. The Bertz CT molecular complexity index is 920. The van der Waals surface area contributed by atoms with Crippen LogP contribution in [0.15, 0.2) is 54.2 Å². The molecule has 1 fully saturated rings. The molecule has 4 rings (SSSR count). The number of carbonyl (C=O) groups excluding carboxylic acids is 1. The summed E-state index contributed by atoms with van der Waals surface area (Å²) < 4.78 is 7.07. The topological polar surface area (TPSA) is 59.4 Å². The number of aromatic nitrogens is 2. The van der Waals surface area contributed by atoms with E-state index in [2.05, 4.69) is 16.5 Å². The van der Waals surface area contributed by atoms with Gasteiger partial charge in [0.15, 0.2) is 0 Å². The van der Waals surface area contributed by atoms with Gasteiger partial charge in [-0.15, -0.1) is 11.3 Å². The molecule has 1 aromatic carbocycles. The van der Waals surface area contributed by atoms with Gasteiger partial charge < -0.3 is 15.0 Å². The van der Waals surface area contributed by atoms with Gasteiger partial charge in [-0.25, -0.2) is 0 Å². The molecule has 28 heavy (non-hydrogen) atoms. The lowest BCUT2D eigenvalue weighted by atomic mass is 9.89. The number of methoxy groups -OCH3 is 1. The number of nitrogens with one attached hydrogen (secondary N) is 1. The number of aryl methyl sites for hydroxylation is 1. The SMILES string of the molecule is COc1ccc(N(Cc2cccs2)C(=O)[C@H]2CNC[C@@H]2c2cnn(C)c2)cc1. The van der Waals surface area contributed by atoms with E-state index in [-0.39, 0.29) is 17.7 Å². The van der Waals surface area contributed by atoms with E-state index >= 15 is 0 Å². The van der Waals surface area contributed by atoms with E-state index in [4.69, 9.17) is 4.74 Å². The van der Waals surface area contributed by atoms with Crippen LogP contribution in [0.5, 0.6) is 5.75 Å². The molecule has 1 amide bonds. The van der Waals surface area contributed by atoms with Crippen molar-refractivity contribution in [2.75, 3.05) is 25.1 Å². The molecule has 3 aromatic rings. The highest BCUT2D eigenvalue weighted by Gasteiger charge is 2.37. The summed E-state index contributed by atoms with van der Waals surface area (Å²) in [6.07, 6.45) is 3.88. The van der Waals surface area contributed by atoms with E-state index in [0.29, 0.717) is 13.1 Å². The predicted octanol–water partition coefficient (Wildman–Crippen LogP) is 3.03. The molecule has 0 aliphatic carbocycles. The minimum absolute atomic E-state index is 0.119. The van der Waals surface area contributed by atoms with Gasteiger partial charge in [0.25, 0.3) is 0 Å². The number of hydrogen-bond donors (Lipinski definition) is 1. The fourth-order valence-electron chi connectivity index (χ4n) is 3.74. The van der Waals surface area contributed by atoms with Gasteiger partial charge in [-0.1, -0.05) is 6.07 Å². The van der Waals surface area contributed by atoms with Gasteiger partial charge in [-0.2, -0.15) is 5.10 Å². The second-order valence-electron chi connectivity index (χ2n) is 7.02. The number of nitrogens with zero attached hydrogens (tertiary/aromatic N) is 3. The van der Waals surface area contributed by atoms with E-state index < -0.39 is 0 Å². The standard InChI is InChI=1S/C21H24N4O2S/c1-24-13-15(10-23-24)19-11-22-12-20(19)21(26)25(14-18-4-3-9-28-18)16-5-7-17(27-2)8-6-16/h3-10,13,19-20,22H,11-12,14H2,1-2H3/t19-,20+/m1/s1. The van der Waals surface area contributed by atoms with Crippen molar-refractivity contribution in [3.8, 4) is 5.75 Å². The van der Waals surface area contributed by atoms with Gasteiger partial charge in [0.2, 0.25) is 5.91 Å². The van der Waals surface area contributed by atoms with E-state index in [9.17, 15) is 4.79 Å². The van der Waals surface area contributed by atoms with Crippen LogP contribution >= 0.6 is 11.3 Å². The second-order valence-corrected chi connectivity index (χ2v) is 8.05. The maximum Gasteiger partial charge on any atom is 0.232 e. The van der Waals surface area contributed by atoms with Gasteiger partial charge in [-0.3, -0.25) is 9.48 Å². The number of amides is 1. The number of carbonyl (C=O) groups is 1. The first-order chi connectivity index (χ1) is 13.7. The summed E-state index contributed by atoms with van der Waals surface area (Å²) in [4.78, 5) is 16.7. The third kappa shape index (κ3) is 3.81. The summed E-state index contributed by atoms with van der Waals surface area (Å²) in [5, 5.41) is 9.73. The van der Waals surface area contributed by atoms with Crippen LogP contribution < -0.4 is 15.0 Å². The third-order valence-corrected chi connectivity index (χ3v) is 6.09. The van der Waals surface area contributed by atoms with E-state index in [1.165, 1.54) is 0 Å². The molecule has 6 nitrogen and oxygen atoms in total. The lowest BCUT2D eigenvalue weighted by molar-refractivity contribution is -0.122. The number of benzene rings is 1. The lowest BCUT2D eigenvalue weighted by Gasteiger charge is -2.27. The molecule has 2 atom stereocenters. The highest BCUT2D eigenvalue weighted by atomic mass is 32.1. The second kappa shape index (κ2) is 8.16. The van der Waals surface area contributed by atoms with E-state index in [1.54, 1.807) is 23.1 Å². The lowest BCUT2D eigenvalue weighted by Crippen LogP contribution is -2.38. The first kappa shape index (κ1) is 18.7. The summed E-state index contributed by atoms with van der Waals surface area (Å²) in [7, 11) is 3.55. The van der Waals surface area contributed by atoms with Crippen molar-refractivity contribution in [1.29, 1.82) is 0 Å². The maximum atomic E-state index is 13.6. The molecule has 0 radical (unpaired) electrons. The number of thiophene rings is 1. The van der Waals surface area contributed by atoms with Crippen LogP contribution in [0.4, 0.5) is 5.69 Å². The number of hydrogen-bond acceptors (Lipinski definition) is 5. The van der Waals surface area contributed by atoms with Crippen molar-refractivity contribution in [2.45, 2.75) is 12.5 Å². The molecule has 1 aliphatic rings. The normalized spacial score (nSPS) is 18.9. The van der Waals surface area contributed by atoms with Crippen molar-refractivity contribution < 1.29 is 9.53 Å². The van der Waals surface area contributed by atoms with Crippen LogP contribution in [0.3, 0.4) is 0 Å². The molecule has 1 aliphatic heterocycles. The molecule has 0 spiro atoms. The average molecular weight is 397 g/mol. The molecule has 0 unspecified atom stereocenters. The number of anilines is 1. The van der Waals surface area contributed by atoms with Crippen molar-refractivity contribution >= 4 is 22.9 Å². The van der Waals surface area contributed by atoms with Crippen LogP contribution in [-0.2, 0) is 18.4 Å². The van der Waals surface area contributed by atoms with E-state index in [0.717, 1.165) is 28.4 Å². The first-order valence-corrected chi connectivity index (χ1v) is 10.2. The van der Waals surface area contributed by atoms with Crippen molar-refractivity contribution in [3.63, 3.8) is 0 Å². The van der Waals surface area contributed by atoms with Crippen LogP contribution in [0.2, 0.25) is 0 Å². The fraction of sp³-hybridized carbons (Fsp3) is 0.333. The predicted molar refractivity (Wildman–Crippen MR) is 111 cm³/mol. The molecule has 3 heterocycles. The van der Waals surface area contributed by atoms with Crippen LogP contribution in [0.25, 0.3) is 0 Å². The van der Waals surface area contributed by atoms with Crippen LogP contribution in [0, 0.1) is 5.92 Å². The Morgan fingerprint density at radius 1 is 1.32 bits per heavy atom. The third-order valence-electron chi connectivity index (χ3n) is 5.23. The van der Waals surface area contributed by atoms with Gasteiger partial charge in [0.1, 0.15) is 5.75 Å². The van der Waals surface area contributed by atoms with Gasteiger partial charge >= 0.3 is 0 Å². The monoisotopic (exact) mass is 396 g/mol. The Hall–Kier alpha value is -2.64. The Morgan fingerprint density at radius 2 is 2.14 bits per heavy atom. The molecular weight excluding hydrogens is 372 g/mol. The summed E-state index contributed by atoms with van der Waals surface area (Å²) in [5.74, 6) is 0.928. The zero-order chi connectivity index (χ0) is 19.5. The summed E-state index contributed by atoms with van der Waals surface area (Å²) >= 11 is 1.67. The van der Waals surface area contributed by atoms with Gasteiger partial charge in [-0.05, 0) is 41.3 Å². The average Bonchev–Trinajstić information content (AvgIpc) is 3.47. The summed E-state index contributed by atoms with van der Waals surface area (Å²) in [6.45, 7) is 2.03. The molecule has 0 saturated carbocycles. The molecule has 2 aromatic heterocycles. The van der Waals surface area contributed by atoms with E-state index in [1.807, 2.05) is 60.1 Å². The van der Waals surface area contributed by atoms with Gasteiger partial charge in [0, 0.05) is 42.8 Å². The largest absolute Gasteiger partial charge is 0.497 e. The minimum Gasteiger partial charge on any atom is -0.497 e. The van der Waals surface area contributed by atoms with Gasteiger partial charge in [0.05, 0.1) is 25.8 Å². The van der Waals surface area contributed by atoms with Crippen LogP contribution in [-0.4, -0.2) is 35.9 Å². The molecule has 1 N–H and O–H groups in total. The highest BCUT2D eigenvalue weighted by molar-refractivity contribution is 7.09. The maximum absolute atomic E-state index is 13.6. The van der Waals surface area contributed by atoms with Crippen molar-refractivity contribution in [3.05, 3.63) is 64.6 Å². The Kier molecular flexibility index (Phi) is 5.45. The summed E-state index contributed by atoms with van der Waals surface area (Å²) in [6, 6.07) is 11.8. The first-order valence-electron chi connectivity index (χ1n) is 9.33. The minimum atomic E-state index is -0.119. The van der Waals surface area contributed by atoms with Crippen LogP contribution in [0.1, 0.15) is 16.4 Å². The Morgan fingerprint density at radius 3 is 2.79 bits per heavy atom. The zero-order valence-electron chi connectivity index (χ0n) is 16.0. The number of rotatable bonds is 6. The Balaban J connectivity index is 1.63. The quantitative estimate of drug-likeness (QED) is 0.696. The fourth-order valence-corrected chi connectivity index (χ4v) is 4.43. The van der Waals surface area contributed by atoms with Crippen molar-refractivity contribution in [2.24, 2.45) is 13.0 Å². The molecule has 1 saturated heterocycles. The Labute approximate surface area is 168 Å². The molecule has 146 valence electrons. The summed E-state index contributed by atoms with van der Waals surface area (Å²) in [5.41, 5.74) is 1.99. The molecule has 0 bridgehead atoms. The highest BCUT2D eigenvalue weighted by Crippen LogP contribution is 2.32. The number of ether oxygens (including phenoxy) is 1. The molecule has 7 heteroatoms. The zero-order valence-corrected chi connectivity index (χ0v) is 16.9.